The van der Waals surface area contributed by atoms with E-state index in [-0.39, 0.29) is 18.5 Å². The zero-order valence-electron chi connectivity index (χ0n) is 11.2. The van der Waals surface area contributed by atoms with Crippen LogP contribution in [0.4, 0.5) is 5.69 Å². The Kier molecular flexibility index (Phi) is 5.64. The number of benzene rings is 1. The first-order chi connectivity index (χ1) is 9.51. The number of nitro benzene ring substituents is 1. The summed E-state index contributed by atoms with van der Waals surface area (Å²) in [6.07, 6.45) is 0.288. The second-order valence-electron chi connectivity index (χ2n) is 4.02. The summed E-state index contributed by atoms with van der Waals surface area (Å²) in [5, 5.41) is 10.9. The van der Waals surface area contributed by atoms with E-state index >= 15 is 0 Å². The number of nitro groups is 1. The molecular weight excluding hydrogens is 266 g/mol. The van der Waals surface area contributed by atoms with Crippen LogP contribution in [0.5, 0.6) is 0 Å². The van der Waals surface area contributed by atoms with Crippen molar-refractivity contribution in [3.63, 3.8) is 0 Å². The summed E-state index contributed by atoms with van der Waals surface area (Å²) < 4.78 is 9.06. The summed E-state index contributed by atoms with van der Waals surface area (Å²) in [6, 6.07) is 6.18. The Morgan fingerprint density at radius 1 is 1.20 bits per heavy atom. The molecule has 0 saturated heterocycles. The van der Waals surface area contributed by atoms with Gasteiger partial charge in [0.15, 0.2) is 5.92 Å². The number of nitrogens with zero attached hydrogens (tertiary/aromatic N) is 1. The number of rotatable bonds is 6. The van der Waals surface area contributed by atoms with Crippen molar-refractivity contribution in [1.29, 1.82) is 0 Å². The minimum Gasteiger partial charge on any atom is -0.468 e. The van der Waals surface area contributed by atoms with Gasteiger partial charge in [0.1, 0.15) is 0 Å². The van der Waals surface area contributed by atoms with Gasteiger partial charge in [-0.1, -0.05) is 18.2 Å². The Bertz CT molecular complexity index is 497. The summed E-state index contributed by atoms with van der Waals surface area (Å²) in [7, 11) is 2.34. The molecule has 1 aromatic carbocycles. The SMILES string of the molecule is COC(=O)C(CCc1ccccc1[N+](=O)[O-])C(=O)OC. The molecule has 20 heavy (non-hydrogen) atoms. The van der Waals surface area contributed by atoms with E-state index < -0.39 is 22.8 Å². The molecule has 0 amide bonds. The maximum atomic E-state index is 11.5. The van der Waals surface area contributed by atoms with Gasteiger partial charge in [0, 0.05) is 11.6 Å². The molecule has 0 aliphatic rings. The van der Waals surface area contributed by atoms with Crippen molar-refractivity contribution < 1.29 is 24.0 Å². The average Bonchev–Trinajstić information content (AvgIpc) is 2.46. The van der Waals surface area contributed by atoms with Crippen molar-refractivity contribution in [2.24, 2.45) is 5.92 Å². The van der Waals surface area contributed by atoms with Crippen molar-refractivity contribution in [3.05, 3.63) is 39.9 Å². The smallest absolute Gasteiger partial charge is 0.320 e. The number of carbonyl (C=O) groups is 2. The third-order valence-electron chi connectivity index (χ3n) is 2.86. The number of hydrogen-bond acceptors (Lipinski definition) is 6. The van der Waals surface area contributed by atoms with E-state index in [4.69, 9.17) is 0 Å². The molecule has 0 saturated carbocycles. The Hall–Kier alpha value is -2.44. The molecule has 0 spiro atoms. The number of ether oxygens (including phenoxy) is 2. The lowest BCUT2D eigenvalue weighted by molar-refractivity contribution is -0.385. The van der Waals surface area contributed by atoms with Gasteiger partial charge in [0.2, 0.25) is 0 Å². The number of hydrogen-bond donors (Lipinski definition) is 0. The molecule has 1 aromatic rings. The van der Waals surface area contributed by atoms with E-state index in [9.17, 15) is 19.7 Å². The summed E-state index contributed by atoms with van der Waals surface area (Å²) in [4.78, 5) is 33.4. The van der Waals surface area contributed by atoms with Crippen molar-refractivity contribution in [3.8, 4) is 0 Å². The Morgan fingerprint density at radius 2 is 1.75 bits per heavy atom. The topological polar surface area (TPSA) is 95.7 Å². The van der Waals surface area contributed by atoms with Gasteiger partial charge in [-0.3, -0.25) is 19.7 Å². The number of para-hydroxylation sites is 1. The van der Waals surface area contributed by atoms with Crippen LogP contribution in [-0.4, -0.2) is 31.1 Å². The van der Waals surface area contributed by atoms with Gasteiger partial charge in [-0.25, -0.2) is 0 Å². The predicted molar refractivity (Wildman–Crippen MR) is 68.9 cm³/mol. The number of esters is 2. The van der Waals surface area contributed by atoms with Crippen LogP contribution >= 0.6 is 0 Å². The van der Waals surface area contributed by atoms with E-state index in [0.717, 1.165) is 0 Å². The van der Waals surface area contributed by atoms with Crippen LogP contribution in [0, 0.1) is 16.0 Å². The van der Waals surface area contributed by atoms with Crippen LogP contribution in [0.15, 0.2) is 24.3 Å². The van der Waals surface area contributed by atoms with Crippen LogP contribution in [-0.2, 0) is 25.5 Å². The molecule has 0 aliphatic heterocycles. The van der Waals surface area contributed by atoms with Crippen molar-refractivity contribution in [1.82, 2.24) is 0 Å². The monoisotopic (exact) mass is 281 g/mol. The molecular formula is C13H15NO6. The van der Waals surface area contributed by atoms with E-state index in [1.54, 1.807) is 18.2 Å². The fourth-order valence-corrected chi connectivity index (χ4v) is 1.82. The highest BCUT2D eigenvalue weighted by Gasteiger charge is 2.29. The highest BCUT2D eigenvalue weighted by atomic mass is 16.6. The Balaban J connectivity index is 2.85. The Labute approximate surface area is 115 Å². The van der Waals surface area contributed by atoms with Crippen molar-refractivity contribution in [2.75, 3.05) is 14.2 Å². The molecule has 1 rings (SSSR count). The van der Waals surface area contributed by atoms with Gasteiger partial charge in [0.25, 0.3) is 5.69 Å². The quantitative estimate of drug-likeness (QED) is 0.339. The minimum absolute atomic E-state index is 0.0408. The third kappa shape index (κ3) is 3.78. The van der Waals surface area contributed by atoms with Gasteiger partial charge in [-0.05, 0) is 12.8 Å². The predicted octanol–water partition coefficient (Wildman–Crippen LogP) is 1.49. The van der Waals surface area contributed by atoms with Gasteiger partial charge in [-0.2, -0.15) is 0 Å². The first-order valence-electron chi connectivity index (χ1n) is 5.89. The molecule has 108 valence electrons. The van der Waals surface area contributed by atoms with Crippen LogP contribution < -0.4 is 0 Å². The first kappa shape index (κ1) is 15.6. The molecule has 0 unspecified atom stereocenters. The van der Waals surface area contributed by atoms with Gasteiger partial charge in [-0.15, -0.1) is 0 Å². The largest absolute Gasteiger partial charge is 0.468 e. The summed E-state index contributed by atoms with van der Waals surface area (Å²) in [6.45, 7) is 0. The minimum atomic E-state index is -1.08. The normalized spacial score (nSPS) is 10.2. The molecule has 0 bridgehead atoms. The fourth-order valence-electron chi connectivity index (χ4n) is 1.82. The molecule has 0 aromatic heterocycles. The van der Waals surface area contributed by atoms with Crippen LogP contribution in [0.1, 0.15) is 12.0 Å². The number of methoxy groups -OCH3 is 2. The Morgan fingerprint density at radius 3 is 2.25 bits per heavy atom. The lowest BCUT2D eigenvalue weighted by atomic mass is 9.98. The number of aryl methyl sites for hydroxylation is 1. The van der Waals surface area contributed by atoms with Gasteiger partial charge >= 0.3 is 11.9 Å². The molecule has 7 nitrogen and oxygen atoms in total. The lowest BCUT2D eigenvalue weighted by Crippen LogP contribution is -2.27. The molecule has 0 aliphatic carbocycles. The highest BCUT2D eigenvalue weighted by molar-refractivity contribution is 5.94. The van der Waals surface area contributed by atoms with E-state index in [1.165, 1.54) is 20.3 Å². The fraction of sp³-hybridized carbons (Fsp3) is 0.385. The molecule has 0 radical (unpaired) electrons. The summed E-state index contributed by atoms with van der Waals surface area (Å²) >= 11 is 0. The molecule has 0 heterocycles. The first-order valence-corrected chi connectivity index (χ1v) is 5.89. The molecule has 0 fully saturated rings. The number of carbonyl (C=O) groups excluding carboxylic acids is 2. The van der Waals surface area contributed by atoms with Crippen LogP contribution in [0.3, 0.4) is 0 Å². The van der Waals surface area contributed by atoms with E-state index in [2.05, 4.69) is 9.47 Å². The standard InChI is InChI=1S/C13H15NO6/c1-19-12(15)10(13(16)20-2)8-7-9-5-3-4-6-11(9)14(17)18/h3-6,10H,7-8H2,1-2H3. The average molecular weight is 281 g/mol. The maximum absolute atomic E-state index is 11.5. The summed E-state index contributed by atoms with van der Waals surface area (Å²) in [5.74, 6) is -2.50. The second-order valence-corrected chi connectivity index (χ2v) is 4.02. The zero-order valence-corrected chi connectivity index (χ0v) is 11.2. The zero-order chi connectivity index (χ0) is 15.1. The maximum Gasteiger partial charge on any atom is 0.320 e. The van der Waals surface area contributed by atoms with E-state index in [0.29, 0.717) is 5.56 Å². The third-order valence-corrected chi connectivity index (χ3v) is 2.86. The molecule has 0 N–H and O–H groups in total. The van der Waals surface area contributed by atoms with Gasteiger partial charge < -0.3 is 9.47 Å². The molecule has 7 heteroatoms. The van der Waals surface area contributed by atoms with Crippen LogP contribution in [0.2, 0.25) is 0 Å². The summed E-state index contributed by atoms with van der Waals surface area (Å²) in [5.41, 5.74) is 0.413. The van der Waals surface area contributed by atoms with Crippen molar-refractivity contribution >= 4 is 17.6 Å². The van der Waals surface area contributed by atoms with E-state index in [1.807, 2.05) is 0 Å². The lowest BCUT2D eigenvalue weighted by Gasteiger charge is -2.12. The van der Waals surface area contributed by atoms with Crippen LogP contribution in [0.25, 0.3) is 0 Å². The molecule has 0 atom stereocenters. The second kappa shape index (κ2) is 7.22. The highest BCUT2D eigenvalue weighted by Crippen LogP contribution is 2.21. The van der Waals surface area contributed by atoms with Gasteiger partial charge in [0.05, 0.1) is 19.1 Å². The van der Waals surface area contributed by atoms with Crippen molar-refractivity contribution in [2.45, 2.75) is 12.8 Å².